The number of aliphatic hydroxyl groups is 1. The van der Waals surface area contributed by atoms with Crippen molar-refractivity contribution in [2.45, 2.75) is 37.1 Å². The zero-order valence-electron chi connectivity index (χ0n) is 22.3. The van der Waals surface area contributed by atoms with Crippen LogP contribution < -0.4 is 4.90 Å². The van der Waals surface area contributed by atoms with Crippen LogP contribution >= 0.6 is 11.6 Å². The highest BCUT2D eigenvalue weighted by atomic mass is 35.5. The van der Waals surface area contributed by atoms with Crippen LogP contribution in [0, 0.1) is 11.8 Å². The van der Waals surface area contributed by atoms with Gasteiger partial charge in [-0.3, -0.25) is 14.4 Å². The second kappa shape index (κ2) is 11.6. The number of carbonyl (C=O) groups is 3. The van der Waals surface area contributed by atoms with Gasteiger partial charge < -0.3 is 24.5 Å². The van der Waals surface area contributed by atoms with Gasteiger partial charge in [-0.05, 0) is 30.5 Å². The van der Waals surface area contributed by atoms with E-state index < -0.39 is 29.6 Å². The minimum absolute atomic E-state index is 0.0483. The number of aliphatic hydroxyl groups excluding tert-OH is 1. The summed E-state index contributed by atoms with van der Waals surface area (Å²) in [4.78, 5) is 47.1. The zero-order chi connectivity index (χ0) is 28.4. The number of fused-ring (bicyclic) bond motifs is 1. The predicted octanol–water partition coefficient (Wildman–Crippen LogP) is 3.44. The average Bonchev–Trinajstić information content (AvgIpc) is 3.60. The van der Waals surface area contributed by atoms with Crippen LogP contribution in [0.15, 0.2) is 79.9 Å². The molecule has 5 rings (SSSR count). The van der Waals surface area contributed by atoms with Gasteiger partial charge in [-0.15, -0.1) is 13.2 Å². The summed E-state index contributed by atoms with van der Waals surface area (Å²) < 4.78 is 6.55. The lowest BCUT2D eigenvalue weighted by atomic mass is 9.70. The summed E-state index contributed by atoms with van der Waals surface area (Å²) in [6.45, 7) is 8.10. The normalized spacial score (nSPS) is 26.4. The monoisotopic (exact) mass is 563 g/mol. The molecule has 2 unspecified atom stereocenters. The van der Waals surface area contributed by atoms with Crippen molar-refractivity contribution in [1.82, 2.24) is 9.80 Å². The highest BCUT2D eigenvalue weighted by Crippen LogP contribution is 2.59. The van der Waals surface area contributed by atoms with E-state index in [2.05, 4.69) is 13.2 Å². The maximum absolute atomic E-state index is 14.4. The molecule has 1 spiro atoms. The fourth-order valence-corrected chi connectivity index (χ4v) is 6.96. The lowest BCUT2D eigenvalue weighted by molar-refractivity contribution is -0.145. The van der Waals surface area contributed by atoms with Gasteiger partial charge in [0.1, 0.15) is 11.6 Å². The number of amides is 3. The molecule has 2 bridgehead atoms. The number of rotatable bonds is 11. The molecule has 3 amide bonds. The molecule has 0 aliphatic carbocycles. The summed E-state index contributed by atoms with van der Waals surface area (Å²) in [5, 5.41) is 10.3. The van der Waals surface area contributed by atoms with Gasteiger partial charge in [-0.2, -0.15) is 0 Å². The maximum Gasteiger partial charge on any atom is 0.253 e. The van der Waals surface area contributed by atoms with E-state index in [0.717, 1.165) is 5.56 Å². The fraction of sp³-hybridized carbons (Fsp3) is 0.387. The van der Waals surface area contributed by atoms with Crippen LogP contribution in [-0.4, -0.2) is 76.6 Å². The second-order valence-corrected chi connectivity index (χ2v) is 10.9. The highest BCUT2D eigenvalue weighted by Gasteiger charge is 2.74. The van der Waals surface area contributed by atoms with Crippen LogP contribution in [0.5, 0.6) is 0 Å². The number of likely N-dealkylation sites (tertiary alicyclic amines) is 1. The van der Waals surface area contributed by atoms with Crippen LogP contribution in [0.25, 0.3) is 0 Å². The Bertz CT molecular complexity index is 1300. The largest absolute Gasteiger partial charge is 0.395 e. The van der Waals surface area contributed by atoms with E-state index in [1.54, 1.807) is 41.3 Å². The van der Waals surface area contributed by atoms with Gasteiger partial charge in [0.25, 0.3) is 5.91 Å². The molecular weight excluding hydrogens is 530 g/mol. The van der Waals surface area contributed by atoms with Gasteiger partial charge in [0.2, 0.25) is 11.8 Å². The van der Waals surface area contributed by atoms with E-state index in [9.17, 15) is 19.5 Å². The first-order valence-electron chi connectivity index (χ1n) is 13.6. The molecule has 40 heavy (non-hydrogen) atoms. The van der Waals surface area contributed by atoms with E-state index >= 15 is 0 Å². The molecule has 0 saturated carbocycles. The molecular formula is C31H34ClN3O5. The van der Waals surface area contributed by atoms with Crippen LogP contribution in [0.2, 0.25) is 5.02 Å². The van der Waals surface area contributed by atoms with Crippen LogP contribution in [-0.2, 0) is 25.7 Å². The first-order valence-corrected chi connectivity index (χ1v) is 13.9. The summed E-state index contributed by atoms with van der Waals surface area (Å²) in [6, 6.07) is 15.6. The Hall–Kier alpha value is -3.46. The molecule has 3 saturated heterocycles. The minimum atomic E-state index is -1.18. The number of carbonyl (C=O) groups excluding carboxylic acids is 3. The van der Waals surface area contributed by atoms with Crippen molar-refractivity contribution in [2.24, 2.45) is 11.8 Å². The predicted molar refractivity (Wildman–Crippen MR) is 152 cm³/mol. The van der Waals surface area contributed by atoms with Gasteiger partial charge in [-0.25, -0.2) is 0 Å². The van der Waals surface area contributed by atoms with Gasteiger partial charge in [0.05, 0.1) is 35.3 Å². The van der Waals surface area contributed by atoms with Crippen molar-refractivity contribution in [3.8, 4) is 0 Å². The van der Waals surface area contributed by atoms with Crippen molar-refractivity contribution >= 4 is 35.0 Å². The Labute approximate surface area is 239 Å². The number of hydrogen-bond acceptors (Lipinski definition) is 5. The number of β-amino-alcohol motifs (C(OH)–C–C–N with tert-alkyl or cyclic N) is 1. The second-order valence-electron chi connectivity index (χ2n) is 10.5. The number of nitrogens with zero attached hydrogens (tertiary/aromatic N) is 3. The molecule has 9 heteroatoms. The van der Waals surface area contributed by atoms with Gasteiger partial charge in [0.15, 0.2) is 0 Å². The molecule has 0 radical (unpaired) electrons. The number of ether oxygens (including phenoxy) is 1. The molecule has 3 aliphatic rings. The standard InChI is InChI=1S/C31H34ClN3O5/c1-3-16-33(20-21-10-6-5-7-11-21)28(37)25-24-14-15-31(40-24)26(25)29(38)35(18-19-36)27(31)30(39)34(17-4-2)23-13-9-8-12-22(23)32/h3-13,24-27,36H,1-2,14-20H2/t24-,25+,26-,27?,31?/m0/s1. The molecule has 0 aromatic heterocycles. The molecule has 2 aromatic rings. The van der Waals surface area contributed by atoms with Crippen molar-refractivity contribution in [3.05, 3.63) is 90.5 Å². The lowest BCUT2D eigenvalue weighted by Gasteiger charge is -2.37. The Morgan fingerprint density at radius 1 is 1.07 bits per heavy atom. The van der Waals surface area contributed by atoms with Crippen molar-refractivity contribution in [3.63, 3.8) is 0 Å². The molecule has 210 valence electrons. The first-order chi connectivity index (χ1) is 19.4. The number of anilines is 1. The minimum Gasteiger partial charge on any atom is -0.395 e. The Kier molecular flexibility index (Phi) is 8.12. The van der Waals surface area contributed by atoms with Crippen molar-refractivity contribution < 1.29 is 24.2 Å². The fourth-order valence-electron chi connectivity index (χ4n) is 6.72. The summed E-state index contributed by atoms with van der Waals surface area (Å²) in [5.41, 5.74) is 0.274. The third kappa shape index (κ3) is 4.64. The molecule has 5 atom stereocenters. The number of hydrogen-bond donors (Lipinski definition) is 1. The topological polar surface area (TPSA) is 90.4 Å². The van der Waals surface area contributed by atoms with E-state index in [1.165, 1.54) is 9.80 Å². The summed E-state index contributed by atoms with van der Waals surface area (Å²) >= 11 is 6.48. The molecule has 1 N–H and O–H groups in total. The number of halogens is 1. The highest BCUT2D eigenvalue weighted by molar-refractivity contribution is 6.34. The quantitative estimate of drug-likeness (QED) is 0.423. The Morgan fingerprint density at radius 3 is 2.45 bits per heavy atom. The SMILES string of the molecule is C=CCN(Cc1ccccc1)C(=O)[C@@H]1[C@@H]2CCC3(O2)C(C(=O)N(CC=C)c2ccccc2Cl)N(CCO)C(=O)[C@H]13. The molecule has 8 nitrogen and oxygen atoms in total. The molecule has 3 aliphatic heterocycles. The first kappa shape index (κ1) is 28.1. The van der Waals surface area contributed by atoms with Crippen LogP contribution in [0.3, 0.4) is 0 Å². The van der Waals surface area contributed by atoms with Crippen molar-refractivity contribution in [2.75, 3.05) is 31.1 Å². The third-order valence-corrected chi connectivity index (χ3v) is 8.58. The number of benzene rings is 2. The summed E-state index contributed by atoms with van der Waals surface area (Å²) in [5.74, 6) is -2.49. The van der Waals surface area contributed by atoms with E-state index in [4.69, 9.17) is 16.3 Å². The molecule has 2 aromatic carbocycles. The van der Waals surface area contributed by atoms with Crippen LogP contribution in [0.4, 0.5) is 5.69 Å². The van der Waals surface area contributed by atoms with Gasteiger partial charge in [-0.1, -0.05) is 66.2 Å². The van der Waals surface area contributed by atoms with Gasteiger partial charge in [0, 0.05) is 26.2 Å². The average molecular weight is 564 g/mol. The van der Waals surface area contributed by atoms with Crippen LogP contribution in [0.1, 0.15) is 18.4 Å². The molecule has 3 heterocycles. The Balaban J connectivity index is 1.52. The zero-order valence-corrected chi connectivity index (χ0v) is 23.1. The summed E-state index contributed by atoms with van der Waals surface area (Å²) in [7, 11) is 0. The Morgan fingerprint density at radius 2 is 1.77 bits per heavy atom. The maximum atomic E-state index is 14.4. The van der Waals surface area contributed by atoms with Gasteiger partial charge >= 0.3 is 0 Å². The van der Waals surface area contributed by atoms with E-state index in [-0.39, 0.29) is 37.4 Å². The third-order valence-electron chi connectivity index (χ3n) is 8.26. The number of para-hydroxylation sites is 1. The lowest BCUT2D eigenvalue weighted by Crippen LogP contribution is -2.57. The summed E-state index contributed by atoms with van der Waals surface area (Å²) in [6.07, 6.45) is 3.80. The smallest absolute Gasteiger partial charge is 0.253 e. The van der Waals surface area contributed by atoms with E-state index in [1.807, 2.05) is 30.3 Å². The van der Waals surface area contributed by atoms with Crippen molar-refractivity contribution in [1.29, 1.82) is 0 Å². The van der Waals surface area contributed by atoms with E-state index in [0.29, 0.717) is 36.6 Å². The molecule has 3 fully saturated rings.